The molecule has 3 aromatic rings. The Morgan fingerprint density at radius 2 is 1.90 bits per heavy atom. The van der Waals surface area contributed by atoms with Gasteiger partial charge in [0.2, 0.25) is 0 Å². The number of nitrogens with two attached hydrogens (primary N) is 1. The van der Waals surface area contributed by atoms with Gasteiger partial charge in [0.25, 0.3) is 0 Å². The van der Waals surface area contributed by atoms with Crippen LogP contribution >= 0.6 is 11.6 Å². The van der Waals surface area contributed by atoms with Gasteiger partial charge in [-0.15, -0.1) is 0 Å². The SMILES string of the molecule is Cc1ccc(C(N)c2ccnc3ccccc23)cc1Cl. The van der Waals surface area contributed by atoms with E-state index in [-0.39, 0.29) is 6.04 Å². The average Bonchev–Trinajstić information content (AvgIpc) is 2.49. The van der Waals surface area contributed by atoms with Crippen molar-refractivity contribution < 1.29 is 0 Å². The molecule has 0 spiro atoms. The van der Waals surface area contributed by atoms with E-state index >= 15 is 0 Å². The van der Waals surface area contributed by atoms with Crippen LogP contribution in [0.1, 0.15) is 22.7 Å². The fourth-order valence-electron chi connectivity index (χ4n) is 2.37. The maximum atomic E-state index is 6.41. The van der Waals surface area contributed by atoms with E-state index in [1.807, 2.05) is 55.5 Å². The van der Waals surface area contributed by atoms with Crippen LogP contribution in [0.3, 0.4) is 0 Å². The first kappa shape index (κ1) is 13.1. The molecule has 1 atom stereocenters. The third-order valence-electron chi connectivity index (χ3n) is 3.57. The Morgan fingerprint density at radius 1 is 1.10 bits per heavy atom. The third kappa shape index (κ3) is 2.28. The molecule has 2 aromatic carbocycles. The van der Waals surface area contributed by atoms with E-state index < -0.39 is 0 Å². The number of aryl methyl sites for hydroxylation is 1. The van der Waals surface area contributed by atoms with Gasteiger partial charge in [-0.2, -0.15) is 0 Å². The molecule has 3 heteroatoms. The highest BCUT2D eigenvalue weighted by molar-refractivity contribution is 6.31. The minimum Gasteiger partial charge on any atom is -0.320 e. The molecule has 0 saturated carbocycles. The first-order valence-corrected chi connectivity index (χ1v) is 6.90. The van der Waals surface area contributed by atoms with E-state index in [0.717, 1.165) is 32.6 Å². The smallest absolute Gasteiger partial charge is 0.0705 e. The molecule has 0 amide bonds. The topological polar surface area (TPSA) is 38.9 Å². The number of hydrogen-bond donors (Lipinski definition) is 1. The molecule has 0 fully saturated rings. The molecular weight excluding hydrogens is 268 g/mol. The van der Waals surface area contributed by atoms with Gasteiger partial charge < -0.3 is 5.73 Å². The van der Waals surface area contributed by atoms with Crippen molar-refractivity contribution in [3.8, 4) is 0 Å². The summed E-state index contributed by atoms with van der Waals surface area (Å²) in [7, 11) is 0. The van der Waals surface area contributed by atoms with Crippen LogP contribution in [-0.2, 0) is 0 Å². The van der Waals surface area contributed by atoms with E-state index in [0.29, 0.717) is 0 Å². The quantitative estimate of drug-likeness (QED) is 0.763. The zero-order chi connectivity index (χ0) is 14.1. The van der Waals surface area contributed by atoms with Crippen LogP contribution in [0.25, 0.3) is 10.9 Å². The average molecular weight is 283 g/mol. The molecule has 0 bridgehead atoms. The summed E-state index contributed by atoms with van der Waals surface area (Å²) in [5, 5.41) is 1.83. The number of pyridine rings is 1. The van der Waals surface area contributed by atoms with Gasteiger partial charge in [-0.25, -0.2) is 0 Å². The largest absolute Gasteiger partial charge is 0.320 e. The highest BCUT2D eigenvalue weighted by Crippen LogP contribution is 2.28. The lowest BCUT2D eigenvalue weighted by Gasteiger charge is -2.15. The first-order chi connectivity index (χ1) is 9.66. The monoisotopic (exact) mass is 282 g/mol. The summed E-state index contributed by atoms with van der Waals surface area (Å²) >= 11 is 6.20. The molecular formula is C17H15ClN2. The van der Waals surface area contributed by atoms with Crippen LogP contribution in [0, 0.1) is 6.92 Å². The zero-order valence-electron chi connectivity index (χ0n) is 11.2. The second-order valence-electron chi connectivity index (χ2n) is 4.90. The molecule has 20 heavy (non-hydrogen) atoms. The number of benzene rings is 2. The summed E-state index contributed by atoms with van der Waals surface area (Å²) in [5.74, 6) is 0. The Kier molecular flexibility index (Phi) is 3.43. The normalized spacial score (nSPS) is 12.6. The van der Waals surface area contributed by atoms with E-state index in [2.05, 4.69) is 4.98 Å². The molecule has 1 unspecified atom stereocenters. The van der Waals surface area contributed by atoms with E-state index in [1.54, 1.807) is 6.20 Å². The molecule has 1 heterocycles. The molecule has 0 aliphatic heterocycles. The Balaban J connectivity index is 2.12. The lowest BCUT2D eigenvalue weighted by atomic mass is 9.96. The second-order valence-corrected chi connectivity index (χ2v) is 5.31. The van der Waals surface area contributed by atoms with Crippen molar-refractivity contribution in [1.29, 1.82) is 0 Å². The minimum absolute atomic E-state index is 0.207. The zero-order valence-corrected chi connectivity index (χ0v) is 11.9. The summed E-state index contributed by atoms with van der Waals surface area (Å²) in [6.45, 7) is 1.99. The Morgan fingerprint density at radius 3 is 2.70 bits per heavy atom. The summed E-state index contributed by atoms with van der Waals surface area (Å²) in [4.78, 5) is 4.37. The number of para-hydroxylation sites is 1. The van der Waals surface area contributed by atoms with E-state index in [4.69, 9.17) is 17.3 Å². The number of nitrogens with zero attached hydrogens (tertiary/aromatic N) is 1. The molecule has 100 valence electrons. The standard InChI is InChI=1S/C17H15ClN2/c1-11-6-7-12(10-15(11)18)17(19)14-8-9-20-16-5-3-2-4-13(14)16/h2-10,17H,19H2,1H3. The Hall–Kier alpha value is -1.90. The summed E-state index contributed by atoms with van der Waals surface area (Å²) in [5.41, 5.74) is 10.5. The van der Waals surface area contributed by atoms with Gasteiger partial charge in [0.15, 0.2) is 0 Å². The molecule has 2 nitrogen and oxygen atoms in total. The fraction of sp³-hybridized carbons (Fsp3) is 0.118. The molecule has 3 rings (SSSR count). The van der Waals surface area contributed by atoms with E-state index in [9.17, 15) is 0 Å². The van der Waals surface area contributed by atoms with Gasteiger partial charge in [-0.1, -0.05) is 41.9 Å². The fourth-order valence-corrected chi connectivity index (χ4v) is 2.56. The summed E-state index contributed by atoms with van der Waals surface area (Å²) in [6.07, 6.45) is 1.80. The van der Waals surface area contributed by atoms with E-state index in [1.165, 1.54) is 0 Å². The molecule has 2 N–H and O–H groups in total. The van der Waals surface area contributed by atoms with Crippen molar-refractivity contribution in [1.82, 2.24) is 4.98 Å². The van der Waals surface area contributed by atoms with Crippen molar-refractivity contribution in [3.63, 3.8) is 0 Å². The number of halogens is 1. The highest BCUT2D eigenvalue weighted by Gasteiger charge is 2.13. The van der Waals surface area contributed by atoms with Crippen LogP contribution in [0.15, 0.2) is 54.7 Å². The minimum atomic E-state index is -0.207. The maximum Gasteiger partial charge on any atom is 0.0705 e. The van der Waals surface area contributed by atoms with Crippen LogP contribution in [0.5, 0.6) is 0 Å². The van der Waals surface area contributed by atoms with Crippen molar-refractivity contribution in [2.75, 3.05) is 0 Å². The predicted octanol–water partition coefficient (Wildman–Crippen LogP) is 4.24. The van der Waals surface area contributed by atoms with Crippen LogP contribution in [-0.4, -0.2) is 4.98 Å². The van der Waals surface area contributed by atoms with Crippen LogP contribution < -0.4 is 5.73 Å². The first-order valence-electron chi connectivity index (χ1n) is 6.52. The molecule has 0 saturated heterocycles. The van der Waals surface area contributed by atoms with Crippen molar-refractivity contribution >= 4 is 22.5 Å². The van der Waals surface area contributed by atoms with Crippen molar-refractivity contribution in [2.45, 2.75) is 13.0 Å². The lowest BCUT2D eigenvalue weighted by molar-refractivity contribution is 0.878. The van der Waals surface area contributed by atoms with Gasteiger partial charge in [0.05, 0.1) is 11.6 Å². The second kappa shape index (κ2) is 5.23. The van der Waals surface area contributed by atoms with Crippen molar-refractivity contribution in [2.24, 2.45) is 5.73 Å². The maximum absolute atomic E-state index is 6.41. The Labute approximate surface area is 123 Å². The van der Waals surface area contributed by atoms with Gasteiger partial charge in [-0.3, -0.25) is 4.98 Å². The summed E-state index contributed by atoms with van der Waals surface area (Å²) in [6, 6.07) is 15.8. The van der Waals surface area contributed by atoms with Crippen LogP contribution in [0.2, 0.25) is 5.02 Å². The molecule has 0 aliphatic rings. The lowest BCUT2D eigenvalue weighted by Crippen LogP contribution is -2.12. The Bertz CT molecular complexity index is 763. The third-order valence-corrected chi connectivity index (χ3v) is 3.98. The number of hydrogen-bond acceptors (Lipinski definition) is 2. The van der Waals surface area contributed by atoms with Crippen LogP contribution in [0.4, 0.5) is 0 Å². The molecule has 0 aliphatic carbocycles. The van der Waals surface area contributed by atoms with Gasteiger partial charge in [0, 0.05) is 16.6 Å². The van der Waals surface area contributed by atoms with Gasteiger partial charge in [0.1, 0.15) is 0 Å². The highest BCUT2D eigenvalue weighted by atomic mass is 35.5. The number of fused-ring (bicyclic) bond motifs is 1. The summed E-state index contributed by atoms with van der Waals surface area (Å²) < 4.78 is 0. The molecule has 1 aromatic heterocycles. The van der Waals surface area contributed by atoms with Crippen molar-refractivity contribution in [3.05, 3.63) is 76.4 Å². The number of rotatable bonds is 2. The molecule has 0 radical (unpaired) electrons. The van der Waals surface area contributed by atoms with Gasteiger partial charge >= 0.3 is 0 Å². The number of aromatic nitrogens is 1. The van der Waals surface area contributed by atoms with Gasteiger partial charge in [-0.05, 0) is 41.8 Å². The predicted molar refractivity (Wildman–Crippen MR) is 84.0 cm³/mol.